The summed E-state index contributed by atoms with van der Waals surface area (Å²) >= 11 is 0. The molecule has 0 spiro atoms. The van der Waals surface area contributed by atoms with Crippen molar-refractivity contribution in [3.05, 3.63) is 120 Å². The molecular weight excluding hydrogens is 807 g/mol. The second kappa shape index (κ2) is 19.7. The summed E-state index contributed by atoms with van der Waals surface area (Å²) in [7, 11) is -4.86. The summed E-state index contributed by atoms with van der Waals surface area (Å²) in [6, 6.07) is 38.9. The monoisotopic (exact) mass is 879 g/mol. The number of aryl methyl sites for hydroxylation is 1. The summed E-state index contributed by atoms with van der Waals surface area (Å²) in [6.07, 6.45) is 3.62. The third kappa shape index (κ3) is 12.0. The molecule has 7 nitrogen and oxygen atoms in total. The summed E-state index contributed by atoms with van der Waals surface area (Å²) in [4.78, 5) is 29.6. The van der Waals surface area contributed by atoms with E-state index in [1.807, 2.05) is 26.0 Å². The Hall–Kier alpha value is -3.81. The van der Waals surface area contributed by atoms with Crippen LogP contribution in [0.4, 0.5) is 0 Å². The lowest BCUT2D eigenvalue weighted by Gasteiger charge is -2.45. The fraction of sp³-hybridized carbons (Fsp3) is 0.490. The van der Waals surface area contributed by atoms with Crippen molar-refractivity contribution in [2.75, 3.05) is 13.7 Å². The van der Waals surface area contributed by atoms with Crippen LogP contribution in [0.2, 0.25) is 51.9 Å². The van der Waals surface area contributed by atoms with E-state index in [9.17, 15) is 4.79 Å². The minimum absolute atomic E-state index is 0.245. The van der Waals surface area contributed by atoms with E-state index in [1.54, 1.807) is 0 Å². The molecule has 0 amide bonds. The lowest BCUT2D eigenvalue weighted by molar-refractivity contribution is -0.164. The van der Waals surface area contributed by atoms with Crippen molar-refractivity contribution in [2.45, 2.75) is 130 Å². The highest BCUT2D eigenvalue weighted by Gasteiger charge is 2.51. The summed E-state index contributed by atoms with van der Waals surface area (Å²) in [5, 5.41) is 2.35. The Kier molecular flexibility index (Phi) is 15.6. The predicted octanol–water partition coefficient (Wildman–Crippen LogP) is 13.3. The smallest absolute Gasteiger partial charge is 0.314 e. The molecule has 0 aliphatic carbocycles. The van der Waals surface area contributed by atoms with Crippen molar-refractivity contribution in [3.63, 3.8) is 0 Å². The standard InChI is InChI=1S/C51H73NO6Si3/c1-13-40(2)37-51(41-25-16-14-17-26-41,42-27-18-15-19-28-42)39-50(4,47(53)55-5)38-49(3,33-34-52-45-31-22-20-29-43(45)44-30-21-23-32-46(44)52)48(54)56-35-24-36-61(12,57-59(6,7)8)58-60(9,10)11/h14-23,25-32,40H,13,24,33-39H2,1-12H3. The van der Waals surface area contributed by atoms with E-state index in [-0.39, 0.29) is 25.0 Å². The molecule has 10 heteroatoms. The van der Waals surface area contributed by atoms with Crippen LogP contribution < -0.4 is 0 Å². The molecule has 1 heterocycles. The first-order chi connectivity index (χ1) is 28.7. The molecule has 3 atom stereocenters. The average Bonchev–Trinajstić information content (AvgIpc) is 3.53. The number of ether oxygens (including phenoxy) is 2. The summed E-state index contributed by atoms with van der Waals surface area (Å²) in [6.45, 7) is 24.8. The van der Waals surface area contributed by atoms with Crippen LogP contribution in [0.5, 0.6) is 0 Å². The number of carbonyl (C=O) groups is 2. The van der Waals surface area contributed by atoms with Gasteiger partial charge in [0.25, 0.3) is 0 Å². The second-order valence-corrected chi connectivity index (χ2v) is 33.1. The van der Waals surface area contributed by atoms with Crippen LogP contribution >= 0.6 is 0 Å². The molecule has 0 saturated heterocycles. The SMILES string of the molecule is CCC(C)CC(CC(C)(CC(C)(CCn1c2ccccc2c2ccccc21)C(=O)OCCC[Si](C)(O[Si](C)(C)C)O[Si](C)(C)C)C(=O)OC)(c1ccccc1)c1ccccc1. The maximum absolute atomic E-state index is 15.0. The topological polar surface area (TPSA) is 76.0 Å². The zero-order valence-electron chi connectivity index (χ0n) is 39.2. The number of rotatable bonds is 22. The third-order valence-electron chi connectivity index (χ3n) is 12.3. The number of fused-ring (bicyclic) bond motifs is 3. The first-order valence-electron chi connectivity index (χ1n) is 22.4. The van der Waals surface area contributed by atoms with Crippen molar-refractivity contribution < 1.29 is 27.3 Å². The zero-order chi connectivity index (χ0) is 44.7. The van der Waals surface area contributed by atoms with Gasteiger partial charge in [0, 0.05) is 33.8 Å². The highest BCUT2D eigenvalue weighted by atomic mass is 28.5. The first-order valence-corrected chi connectivity index (χ1v) is 31.7. The molecule has 0 aliphatic rings. The molecule has 0 saturated carbocycles. The molecule has 0 fully saturated rings. The molecule has 5 aromatic rings. The molecular formula is C51H73NO6Si3. The predicted molar refractivity (Wildman–Crippen MR) is 260 cm³/mol. The van der Waals surface area contributed by atoms with Crippen LogP contribution in [0, 0.1) is 16.7 Å². The van der Waals surface area contributed by atoms with E-state index in [0.29, 0.717) is 31.7 Å². The number of hydrogen-bond acceptors (Lipinski definition) is 6. The quantitative estimate of drug-likeness (QED) is 0.0392. The number of aromatic nitrogens is 1. The van der Waals surface area contributed by atoms with Crippen LogP contribution in [-0.2, 0) is 39.3 Å². The Labute approximate surface area is 370 Å². The number of benzene rings is 4. The highest BCUT2D eigenvalue weighted by Crippen LogP contribution is 2.52. The van der Waals surface area contributed by atoms with E-state index in [0.717, 1.165) is 41.0 Å². The Morgan fingerprint density at radius 1 is 0.656 bits per heavy atom. The molecule has 0 bridgehead atoms. The number of nitrogens with zero attached hydrogens (tertiary/aromatic N) is 1. The van der Waals surface area contributed by atoms with Gasteiger partial charge in [-0.2, -0.15) is 0 Å². The maximum Gasteiger partial charge on any atom is 0.314 e. The maximum atomic E-state index is 15.0. The first kappa shape index (κ1) is 48.2. The van der Waals surface area contributed by atoms with Gasteiger partial charge in [-0.15, -0.1) is 0 Å². The van der Waals surface area contributed by atoms with E-state index in [2.05, 4.69) is 161 Å². The van der Waals surface area contributed by atoms with Gasteiger partial charge in [0.15, 0.2) is 16.6 Å². The van der Waals surface area contributed by atoms with Crippen molar-refractivity contribution in [2.24, 2.45) is 16.7 Å². The Morgan fingerprint density at radius 2 is 1.13 bits per heavy atom. The average molecular weight is 880 g/mol. The van der Waals surface area contributed by atoms with Gasteiger partial charge in [-0.3, -0.25) is 9.59 Å². The normalized spacial score (nSPS) is 15.3. The Morgan fingerprint density at radius 3 is 1.59 bits per heavy atom. The molecule has 4 aromatic carbocycles. The number of para-hydroxylation sites is 2. The molecule has 5 rings (SSSR count). The lowest BCUT2D eigenvalue weighted by Crippen LogP contribution is -2.52. The Bertz CT molecular complexity index is 2100. The lowest BCUT2D eigenvalue weighted by atomic mass is 9.58. The van der Waals surface area contributed by atoms with Crippen LogP contribution in [0.15, 0.2) is 109 Å². The van der Waals surface area contributed by atoms with Crippen LogP contribution in [-0.4, -0.2) is 55.4 Å². The molecule has 3 unspecified atom stereocenters. The van der Waals surface area contributed by atoms with Crippen LogP contribution in [0.3, 0.4) is 0 Å². The van der Waals surface area contributed by atoms with Gasteiger partial charge in [-0.1, -0.05) is 117 Å². The van der Waals surface area contributed by atoms with Crippen LogP contribution in [0.1, 0.15) is 77.3 Å². The van der Waals surface area contributed by atoms with Crippen molar-refractivity contribution in [3.8, 4) is 0 Å². The van der Waals surface area contributed by atoms with Gasteiger partial charge in [-0.25, -0.2) is 0 Å². The zero-order valence-corrected chi connectivity index (χ0v) is 42.2. The molecule has 1 aromatic heterocycles. The van der Waals surface area contributed by atoms with E-state index in [1.165, 1.54) is 17.9 Å². The fourth-order valence-corrected chi connectivity index (χ4v) is 22.4. The van der Waals surface area contributed by atoms with Crippen molar-refractivity contribution >= 4 is 58.9 Å². The van der Waals surface area contributed by atoms with Gasteiger partial charge >= 0.3 is 20.5 Å². The molecule has 0 aliphatic heterocycles. The van der Waals surface area contributed by atoms with E-state index < -0.39 is 41.4 Å². The Balaban J connectivity index is 1.57. The van der Waals surface area contributed by atoms with Gasteiger partial charge in [-0.05, 0) is 127 Å². The largest absolute Gasteiger partial charge is 0.469 e. The summed E-state index contributed by atoms with van der Waals surface area (Å²) < 4.78 is 28.0. The van der Waals surface area contributed by atoms with Crippen molar-refractivity contribution in [1.29, 1.82) is 0 Å². The van der Waals surface area contributed by atoms with Crippen LogP contribution in [0.25, 0.3) is 21.8 Å². The van der Waals surface area contributed by atoms with Gasteiger partial charge in [0.2, 0.25) is 0 Å². The number of carbonyl (C=O) groups excluding carboxylic acids is 2. The van der Waals surface area contributed by atoms with Gasteiger partial charge in [0.1, 0.15) is 0 Å². The van der Waals surface area contributed by atoms with Gasteiger partial charge in [0.05, 0.1) is 24.5 Å². The van der Waals surface area contributed by atoms with E-state index >= 15 is 4.79 Å². The number of esters is 2. The van der Waals surface area contributed by atoms with E-state index in [4.69, 9.17) is 17.7 Å². The molecule has 61 heavy (non-hydrogen) atoms. The molecule has 330 valence electrons. The number of hydrogen-bond donors (Lipinski definition) is 0. The number of methoxy groups -OCH3 is 1. The third-order valence-corrected chi connectivity index (χ3v) is 21.9. The highest BCUT2D eigenvalue weighted by molar-refractivity contribution is 6.87. The van der Waals surface area contributed by atoms with Crippen molar-refractivity contribution in [1.82, 2.24) is 4.57 Å². The summed E-state index contributed by atoms with van der Waals surface area (Å²) in [5.41, 5.74) is 1.86. The second-order valence-electron chi connectivity index (χ2n) is 20.2. The minimum Gasteiger partial charge on any atom is -0.469 e. The molecule has 0 radical (unpaired) electrons. The van der Waals surface area contributed by atoms with Gasteiger partial charge < -0.3 is 22.3 Å². The minimum atomic E-state index is -2.54. The fourth-order valence-electron chi connectivity index (χ4n) is 9.93. The summed E-state index contributed by atoms with van der Waals surface area (Å²) in [5.74, 6) is -0.258. The molecule has 0 N–H and O–H groups in total.